The lowest BCUT2D eigenvalue weighted by Crippen LogP contribution is -2.37. The first-order valence-corrected chi connectivity index (χ1v) is 11.8. The second-order valence-electron chi connectivity index (χ2n) is 8.36. The first-order chi connectivity index (χ1) is 16.9. The van der Waals surface area contributed by atoms with E-state index in [4.69, 9.17) is 38.6 Å². The number of aliphatic hydroxyl groups excluding tert-OH is 1. The Bertz CT molecular complexity index is 1410. The Labute approximate surface area is 210 Å². The van der Waals surface area contributed by atoms with Crippen molar-refractivity contribution in [3.63, 3.8) is 0 Å². The molecule has 5 rings (SSSR count). The number of rotatable bonds is 6. The van der Waals surface area contributed by atoms with Crippen LogP contribution >= 0.6 is 23.2 Å². The van der Waals surface area contributed by atoms with Crippen LogP contribution < -0.4 is 16.0 Å². The Morgan fingerprint density at radius 2 is 2.06 bits per heavy atom. The van der Waals surface area contributed by atoms with E-state index in [9.17, 15) is 4.79 Å². The molecular formula is C24H22Cl2N6O3. The minimum Gasteiger partial charge on any atom is -0.396 e. The molecule has 1 amide bonds. The fourth-order valence-corrected chi connectivity index (χ4v) is 4.77. The van der Waals surface area contributed by atoms with Crippen LogP contribution in [0.15, 0.2) is 47.4 Å². The van der Waals surface area contributed by atoms with E-state index in [-0.39, 0.29) is 24.4 Å². The highest BCUT2D eigenvalue weighted by atomic mass is 35.5. The molecule has 0 spiro atoms. The summed E-state index contributed by atoms with van der Waals surface area (Å²) in [4.78, 5) is 23.6. The van der Waals surface area contributed by atoms with Crippen molar-refractivity contribution in [2.45, 2.75) is 18.9 Å². The number of nitrogens with two attached hydrogens (primary N) is 1. The maximum atomic E-state index is 13.0. The molecule has 1 aliphatic heterocycles. The van der Waals surface area contributed by atoms with Crippen LogP contribution in [0.5, 0.6) is 0 Å². The lowest BCUT2D eigenvalue weighted by Gasteiger charge is -2.18. The average molecular weight is 513 g/mol. The Morgan fingerprint density at radius 1 is 1.20 bits per heavy atom. The highest BCUT2D eigenvalue weighted by Crippen LogP contribution is 2.35. The third-order valence-electron chi connectivity index (χ3n) is 6.03. The number of carbonyl (C=O) groups excluding carboxylic acids is 1. The minimum absolute atomic E-state index is 0.0506. The minimum atomic E-state index is -0.251. The van der Waals surface area contributed by atoms with Gasteiger partial charge in [-0.25, -0.2) is 4.98 Å². The van der Waals surface area contributed by atoms with Crippen molar-refractivity contribution in [2.75, 3.05) is 30.3 Å². The third kappa shape index (κ3) is 4.62. The predicted molar refractivity (Wildman–Crippen MR) is 135 cm³/mol. The number of nitrogens with one attached hydrogen (secondary N) is 1. The van der Waals surface area contributed by atoms with Gasteiger partial charge in [0.15, 0.2) is 11.6 Å². The Kier molecular flexibility index (Phi) is 6.46. The number of amides is 1. The lowest BCUT2D eigenvalue weighted by atomic mass is 10.0. The van der Waals surface area contributed by atoms with Crippen molar-refractivity contribution in [1.82, 2.24) is 20.4 Å². The van der Waals surface area contributed by atoms with Gasteiger partial charge in [0.2, 0.25) is 5.58 Å². The van der Waals surface area contributed by atoms with Crippen LogP contribution in [0.1, 0.15) is 22.3 Å². The molecule has 0 radical (unpaired) electrons. The number of halogens is 2. The number of nitrogens with zero attached hydrogens (tertiary/aromatic N) is 4. The van der Waals surface area contributed by atoms with Gasteiger partial charge in [-0.05, 0) is 42.2 Å². The van der Waals surface area contributed by atoms with Crippen molar-refractivity contribution in [3.05, 3.63) is 64.0 Å². The van der Waals surface area contributed by atoms with E-state index >= 15 is 0 Å². The summed E-state index contributed by atoms with van der Waals surface area (Å²) < 4.78 is 5.36. The second-order valence-corrected chi connectivity index (χ2v) is 9.17. The summed E-state index contributed by atoms with van der Waals surface area (Å²) in [5.74, 6) is 0.551. The molecule has 1 unspecified atom stereocenters. The summed E-state index contributed by atoms with van der Waals surface area (Å²) in [7, 11) is 0. The average Bonchev–Trinajstić information content (AvgIpc) is 3.47. The molecule has 1 saturated heterocycles. The summed E-state index contributed by atoms with van der Waals surface area (Å²) >= 11 is 12.7. The number of pyridine rings is 2. The van der Waals surface area contributed by atoms with Crippen molar-refractivity contribution in [1.29, 1.82) is 0 Å². The highest BCUT2D eigenvalue weighted by molar-refractivity contribution is 6.36. The van der Waals surface area contributed by atoms with Crippen LogP contribution in [-0.2, 0) is 6.42 Å². The maximum Gasteiger partial charge on any atom is 0.253 e. The molecule has 11 heteroatoms. The standard InChI is InChI=1S/C24H22Cl2N6O3/c25-18-8-14(15-7-13(4-6-33)9-28-10-15)1-2-17(18)24(34)30-16-3-5-32(12-16)23-21-20(19(26)11-29-23)22(27)31-35-21/h1-2,7-11,16,33H,3-6,12H2,(H2,27,31)(H,30,34). The monoisotopic (exact) mass is 512 g/mol. The number of aromatic nitrogens is 3. The zero-order chi connectivity index (χ0) is 24.5. The van der Waals surface area contributed by atoms with Crippen LogP contribution in [-0.4, -0.2) is 51.9 Å². The van der Waals surface area contributed by atoms with E-state index in [1.54, 1.807) is 24.5 Å². The second kappa shape index (κ2) is 9.69. The Morgan fingerprint density at radius 3 is 2.86 bits per heavy atom. The number of carbonyl (C=O) groups is 1. The molecule has 180 valence electrons. The fourth-order valence-electron chi connectivity index (χ4n) is 4.28. The van der Waals surface area contributed by atoms with Crippen LogP contribution in [0.2, 0.25) is 10.0 Å². The SMILES string of the molecule is Nc1noc2c(N3CCC(NC(=O)c4ccc(-c5cncc(CCO)c5)cc4Cl)C3)ncc(Cl)c12. The molecule has 1 aromatic carbocycles. The van der Waals surface area contributed by atoms with Gasteiger partial charge in [-0.15, -0.1) is 0 Å². The van der Waals surface area contributed by atoms with Crippen molar-refractivity contribution < 1.29 is 14.4 Å². The smallest absolute Gasteiger partial charge is 0.253 e. The molecule has 4 heterocycles. The molecule has 35 heavy (non-hydrogen) atoms. The van der Waals surface area contributed by atoms with E-state index in [0.29, 0.717) is 51.9 Å². The van der Waals surface area contributed by atoms with Crippen LogP contribution in [0, 0.1) is 0 Å². The number of fused-ring (bicyclic) bond motifs is 1. The number of benzene rings is 1. The molecule has 0 bridgehead atoms. The van der Waals surface area contributed by atoms with Crippen molar-refractivity contribution in [2.24, 2.45) is 0 Å². The number of hydrogen-bond donors (Lipinski definition) is 3. The molecule has 0 aliphatic carbocycles. The summed E-state index contributed by atoms with van der Waals surface area (Å²) in [6, 6.07) is 7.14. The third-order valence-corrected chi connectivity index (χ3v) is 6.63. The van der Waals surface area contributed by atoms with Gasteiger partial charge in [0.25, 0.3) is 5.91 Å². The van der Waals surface area contributed by atoms with Gasteiger partial charge < -0.3 is 25.6 Å². The molecule has 1 fully saturated rings. The molecule has 9 nitrogen and oxygen atoms in total. The quantitative estimate of drug-likeness (QED) is 0.356. The van der Waals surface area contributed by atoms with Crippen LogP contribution in [0.25, 0.3) is 22.1 Å². The number of aliphatic hydroxyl groups is 1. The van der Waals surface area contributed by atoms with Crippen molar-refractivity contribution in [3.8, 4) is 11.1 Å². The van der Waals surface area contributed by atoms with Gasteiger partial charge in [0.1, 0.15) is 0 Å². The van der Waals surface area contributed by atoms with Gasteiger partial charge in [-0.2, -0.15) is 0 Å². The maximum absolute atomic E-state index is 13.0. The summed E-state index contributed by atoms with van der Waals surface area (Å²) in [6.07, 6.45) is 6.21. The topological polar surface area (TPSA) is 130 Å². The lowest BCUT2D eigenvalue weighted by molar-refractivity contribution is 0.0940. The highest BCUT2D eigenvalue weighted by Gasteiger charge is 2.29. The van der Waals surface area contributed by atoms with Gasteiger partial charge in [0, 0.05) is 49.9 Å². The summed E-state index contributed by atoms with van der Waals surface area (Å²) in [5.41, 5.74) is 9.32. The molecule has 0 saturated carbocycles. The molecule has 1 atom stereocenters. The first kappa shape index (κ1) is 23.3. The number of anilines is 2. The van der Waals surface area contributed by atoms with Gasteiger partial charge in [-0.1, -0.05) is 34.4 Å². The fraction of sp³-hybridized carbons (Fsp3) is 0.250. The summed E-state index contributed by atoms with van der Waals surface area (Å²) in [5, 5.41) is 17.3. The predicted octanol–water partition coefficient (Wildman–Crippen LogP) is 3.72. The molecule has 4 aromatic rings. The number of hydrogen-bond acceptors (Lipinski definition) is 8. The van der Waals surface area contributed by atoms with Gasteiger partial charge in [-0.3, -0.25) is 9.78 Å². The van der Waals surface area contributed by atoms with Gasteiger partial charge in [0.05, 0.1) is 21.0 Å². The molecule has 4 N–H and O–H groups in total. The van der Waals surface area contributed by atoms with Crippen LogP contribution in [0.4, 0.5) is 11.6 Å². The Hall–Kier alpha value is -3.40. The normalized spacial score (nSPS) is 15.6. The number of nitrogen functional groups attached to an aromatic ring is 1. The Balaban J connectivity index is 1.29. The van der Waals surface area contributed by atoms with E-state index in [0.717, 1.165) is 23.1 Å². The van der Waals surface area contributed by atoms with Crippen molar-refractivity contribution >= 4 is 51.7 Å². The zero-order valence-corrected chi connectivity index (χ0v) is 20.1. The largest absolute Gasteiger partial charge is 0.396 e. The van der Waals surface area contributed by atoms with E-state index in [1.165, 1.54) is 6.20 Å². The molecule has 1 aliphatic rings. The summed E-state index contributed by atoms with van der Waals surface area (Å²) in [6.45, 7) is 1.25. The van der Waals surface area contributed by atoms with E-state index in [2.05, 4.69) is 20.4 Å². The van der Waals surface area contributed by atoms with E-state index < -0.39 is 0 Å². The first-order valence-electron chi connectivity index (χ1n) is 11.0. The van der Waals surface area contributed by atoms with E-state index in [1.807, 2.05) is 17.0 Å². The zero-order valence-electron chi connectivity index (χ0n) is 18.5. The van der Waals surface area contributed by atoms with Gasteiger partial charge >= 0.3 is 0 Å². The molecule has 3 aromatic heterocycles. The molecular weight excluding hydrogens is 491 g/mol. The van der Waals surface area contributed by atoms with Crippen LogP contribution in [0.3, 0.4) is 0 Å².